The Labute approximate surface area is 183 Å². The molecule has 3 heterocycles. The van der Waals surface area contributed by atoms with Gasteiger partial charge in [-0.25, -0.2) is 4.39 Å². The number of carbonyl (C=O) groups excluding carboxylic acids is 1. The highest BCUT2D eigenvalue weighted by Gasteiger charge is 2.30. The first-order chi connectivity index (χ1) is 15.6. The summed E-state index contributed by atoms with van der Waals surface area (Å²) in [7, 11) is 0. The van der Waals surface area contributed by atoms with Crippen LogP contribution in [0.5, 0.6) is 0 Å². The van der Waals surface area contributed by atoms with Gasteiger partial charge in [0.25, 0.3) is 5.91 Å². The van der Waals surface area contributed by atoms with Crippen molar-refractivity contribution in [2.75, 3.05) is 5.32 Å². The molecule has 0 spiro atoms. The summed E-state index contributed by atoms with van der Waals surface area (Å²) in [5.74, 6) is -0.0958. The highest BCUT2D eigenvalue weighted by atomic mass is 19.1. The molecule has 0 saturated heterocycles. The van der Waals surface area contributed by atoms with Crippen LogP contribution in [-0.2, 0) is 4.79 Å². The molecule has 0 saturated carbocycles. The van der Waals surface area contributed by atoms with Crippen molar-refractivity contribution in [1.29, 1.82) is 0 Å². The first kappa shape index (κ1) is 19.6. The van der Waals surface area contributed by atoms with Crippen LogP contribution < -0.4 is 10.6 Å². The van der Waals surface area contributed by atoms with Gasteiger partial charge in [0, 0.05) is 23.0 Å². The standard InChI is InChI=1S/C24H19FN6O/c1-14-21(24(32)29-18-9-10-19-16(12-18)13-27-31-19)22(15-5-7-17(25)8-6-15)30-23(28-14)20-4-2-3-11-26-20/h2-13,22H,1H3,(H,27,31)(H,28,30)(H,29,32). The minimum absolute atomic E-state index is 0.295. The number of aromatic nitrogens is 3. The molecule has 1 amide bonds. The molecule has 0 aliphatic carbocycles. The van der Waals surface area contributed by atoms with Crippen LogP contribution in [0, 0.1) is 5.82 Å². The zero-order chi connectivity index (χ0) is 22.1. The van der Waals surface area contributed by atoms with E-state index in [2.05, 4.69) is 25.8 Å². The second-order valence-corrected chi connectivity index (χ2v) is 7.44. The minimum atomic E-state index is -0.619. The molecule has 8 heteroatoms. The topological polar surface area (TPSA) is 95.1 Å². The lowest BCUT2D eigenvalue weighted by Gasteiger charge is -2.26. The lowest BCUT2D eigenvalue weighted by molar-refractivity contribution is -0.113. The van der Waals surface area contributed by atoms with Gasteiger partial charge in [-0.1, -0.05) is 18.2 Å². The molecular weight excluding hydrogens is 407 g/mol. The van der Waals surface area contributed by atoms with Gasteiger partial charge >= 0.3 is 0 Å². The van der Waals surface area contributed by atoms with Crippen LogP contribution in [0.3, 0.4) is 0 Å². The largest absolute Gasteiger partial charge is 0.342 e. The Balaban J connectivity index is 1.52. The predicted octanol–water partition coefficient (Wildman–Crippen LogP) is 4.10. The number of amidine groups is 1. The van der Waals surface area contributed by atoms with Crippen molar-refractivity contribution in [3.63, 3.8) is 0 Å². The molecule has 5 rings (SSSR count). The molecule has 2 aromatic carbocycles. The highest BCUT2D eigenvalue weighted by Crippen LogP contribution is 2.32. The summed E-state index contributed by atoms with van der Waals surface area (Å²) in [5.41, 5.74) is 3.98. The molecular formula is C24H19FN6O. The van der Waals surface area contributed by atoms with E-state index in [4.69, 9.17) is 4.99 Å². The molecule has 1 atom stereocenters. The minimum Gasteiger partial charge on any atom is -0.342 e. The first-order valence-electron chi connectivity index (χ1n) is 10.1. The summed E-state index contributed by atoms with van der Waals surface area (Å²) >= 11 is 0. The van der Waals surface area contributed by atoms with E-state index < -0.39 is 6.04 Å². The Morgan fingerprint density at radius 1 is 1.09 bits per heavy atom. The Morgan fingerprint density at radius 2 is 1.94 bits per heavy atom. The zero-order valence-corrected chi connectivity index (χ0v) is 17.1. The normalized spacial score (nSPS) is 15.9. The number of allylic oxidation sites excluding steroid dienone is 1. The third kappa shape index (κ3) is 3.74. The highest BCUT2D eigenvalue weighted by molar-refractivity contribution is 6.09. The number of hydrogen-bond donors (Lipinski definition) is 3. The van der Waals surface area contributed by atoms with E-state index >= 15 is 0 Å². The molecule has 158 valence electrons. The summed E-state index contributed by atoms with van der Waals surface area (Å²) in [6.45, 7) is 1.82. The second kappa shape index (κ2) is 8.07. The van der Waals surface area contributed by atoms with Gasteiger partial charge in [-0.2, -0.15) is 5.10 Å². The summed E-state index contributed by atoms with van der Waals surface area (Å²) in [6.07, 6.45) is 3.38. The van der Waals surface area contributed by atoms with E-state index in [0.717, 1.165) is 10.9 Å². The fourth-order valence-corrected chi connectivity index (χ4v) is 3.71. The number of hydrogen-bond acceptors (Lipinski definition) is 5. The van der Waals surface area contributed by atoms with Crippen molar-refractivity contribution in [2.24, 2.45) is 4.99 Å². The number of nitrogens with zero attached hydrogens (tertiary/aromatic N) is 3. The van der Waals surface area contributed by atoms with Crippen LogP contribution in [0.25, 0.3) is 10.9 Å². The Morgan fingerprint density at radius 3 is 2.72 bits per heavy atom. The number of benzene rings is 2. The number of carbonyl (C=O) groups is 1. The van der Waals surface area contributed by atoms with Crippen molar-refractivity contribution in [1.82, 2.24) is 20.5 Å². The van der Waals surface area contributed by atoms with Crippen molar-refractivity contribution in [3.05, 3.63) is 101 Å². The number of halogens is 1. The molecule has 2 aromatic heterocycles. The SMILES string of the molecule is CC1=C(C(=O)Nc2ccc3[nH]ncc3c2)C(c2ccc(F)cc2)N=C(c2ccccn2)N1. The molecule has 32 heavy (non-hydrogen) atoms. The summed E-state index contributed by atoms with van der Waals surface area (Å²) in [4.78, 5) is 22.5. The third-order valence-electron chi connectivity index (χ3n) is 5.28. The maximum Gasteiger partial charge on any atom is 0.255 e. The van der Waals surface area contributed by atoms with E-state index in [1.165, 1.54) is 12.1 Å². The van der Waals surface area contributed by atoms with E-state index in [0.29, 0.717) is 34.1 Å². The molecule has 7 nitrogen and oxygen atoms in total. The van der Waals surface area contributed by atoms with Crippen LogP contribution >= 0.6 is 0 Å². The van der Waals surface area contributed by atoms with Gasteiger partial charge < -0.3 is 10.6 Å². The fourth-order valence-electron chi connectivity index (χ4n) is 3.71. The molecule has 1 aliphatic rings. The van der Waals surface area contributed by atoms with E-state index in [1.54, 1.807) is 30.6 Å². The van der Waals surface area contributed by atoms with Gasteiger partial charge in [0.1, 0.15) is 17.6 Å². The average molecular weight is 426 g/mol. The summed E-state index contributed by atoms with van der Waals surface area (Å²) in [5, 5.41) is 13.9. The molecule has 0 fully saturated rings. The number of fused-ring (bicyclic) bond motifs is 1. The number of aliphatic imine (C=N–C) groups is 1. The smallest absolute Gasteiger partial charge is 0.255 e. The number of anilines is 1. The maximum atomic E-state index is 13.6. The second-order valence-electron chi connectivity index (χ2n) is 7.44. The van der Waals surface area contributed by atoms with Crippen molar-refractivity contribution < 1.29 is 9.18 Å². The molecule has 1 aliphatic heterocycles. The van der Waals surface area contributed by atoms with Gasteiger partial charge in [0.15, 0.2) is 5.84 Å². The van der Waals surface area contributed by atoms with Crippen LogP contribution in [0.2, 0.25) is 0 Å². The van der Waals surface area contributed by atoms with Crippen LogP contribution in [0.4, 0.5) is 10.1 Å². The van der Waals surface area contributed by atoms with Crippen molar-refractivity contribution in [2.45, 2.75) is 13.0 Å². The van der Waals surface area contributed by atoms with Gasteiger partial charge in [0.2, 0.25) is 0 Å². The maximum absolute atomic E-state index is 13.6. The Bertz CT molecular complexity index is 1360. The third-order valence-corrected chi connectivity index (χ3v) is 5.28. The Kier molecular flexibility index (Phi) is 4.95. The van der Waals surface area contributed by atoms with Crippen LogP contribution in [-0.4, -0.2) is 26.9 Å². The average Bonchev–Trinajstić information content (AvgIpc) is 3.27. The zero-order valence-electron chi connectivity index (χ0n) is 17.1. The first-order valence-corrected chi connectivity index (χ1v) is 10.1. The van der Waals surface area contributed by atoms with Crippen molar-refractivity contribution in [3.8, 4) is 0 Å². The fraction of sp³-hybridized carbons (Fsp3) is 0.0833. The number of amides is 1. The molecule has 1 unspecified atom stereocenters. The van der Waals surface area contributed by atoms with E-state index in [1.807, 2.05) is 37.3 Å². The number of pyridine rings is 1. The van der Waals surface area contributed by atoms with Gasteiger partial charge in [-0.05, 0) is 55.0 Å². The number of rotatable bonds is 4. The lowest BCUT2D eigenvalue weighted by atomic mass is 9.95. The predicted molar refractivity (Wildman–Crippen MR) is 120 cm³/mol. The van der Waals surface area contributed by atoms with Crippen molar-refractivity contribution >= 4 is 28.3 Å². The summed E-state index contributed by atoms with van der Waals surface area (Å²) in [6, 6.07) is 16.4. The molecule has 3 N–H and O–H groups in total. The molecule has 4 aromatic rings. The molecule has 0 radical (unpaired) electrons. The molecule has 0 bridgehead atoms. The number of aromatic amines is 1. The quantitative estimate of drug-likeness (QED) is 0.458. The Hall–Kier alpha value is -4.33. The monoisotopic (exact) mass is 426 g/mol. The number of H-pyrrole nitrogens is 1. The van der Waals surface area contributed by atoms with Crippen LogP contribution in [0.1, 0.15) is 24.2 Å². The van der Waals surface area contributed by atoms with Gasteiger partial charge in [-0.3, -0.25) is 19.9 Å². The van der Waals surface area contributed by atoms with Crippen LogP contribution in [0.15, 0.2) is 89.3 Å². The van der Waals surface area contributed by atoms with Gasteiger partial charge in [0.05, 0.1) is 17.3 Å². The summed E-state index contributed by atoms with van der Waals surface area (Å²) < 4.78 is 13.6. The number of nitrogens with one attached hydrogen (secondary N) is 3. The lowest BCUT2D eigenvalue weighted by Crippen LogP contribution is -2.34. The van der Waals surface area contributed by atoms with E-state index in [-0.39, 0.29) is 11.7 Å². The van der Waals surface area contributed by atoms with Gasteiger partial charge in [-0.15, -0.1) is 0 Å². The van der Waals surface area contributed by atoms with E-state index in [9.17, 15) is 9.18 Å².